The largest absolute Gasteiger partial charge is 0.376 e. The highest BCUT2D eigenvalue weighted by molar-refractivity contribution is 5.94. The van der Waals surface area contributed by atoms with Gasteiger partial charge in [-0.1, -0.05) is 6.92 Å². The molecule has 0 unspecified atom stereocenters. The predicted molar refractivity (Wildman–Crippen MR) is 98.6 cm³/mol. The van der Waals surface area contributed by atoms with Gasteiger partial charge in [0.25, 0.3) is 5.91 Å². The minimum atomic E-state index is -0.644. The van der Waals surface area contributed by atoms with Gasteiger partial charge in [-0.15, -0.1) is 0 Å². The molecule has 0 spiro atoms. The van der Waals surface area contributed by atoms with Gasteiger partial charge in [-0.25, -0.2) is 4.39 Å². The van der Waals surface area contributed by atoms with E-state index in [0.29, 0.717) is 31.9 Å². The van der Waals surface area contributed by atoms with Crippen LogP contribution in [0.2, 0.25) is 0 Å². The Balaban J connectivity index is 1.61. The van der Waals surface area contributed by atoms with Gasteiger partial charge >= 0.3 is 0 Å². The molecule has 0 radical (unpaired) electrons. The van der Waals surface area contributed by atoms with E-state index in [2.05, 4.69) is 15.6 Å². The average Bonchev–Trinajstić information content (AvgIpc) is 2.64. The van der Waals surface area contributed by atoms with Crippen molar-refractivity contribution in [3.63, 3.8) is 0 Å². The van der Waals surface area contributed by atoms with Gasteiger partial charge in [0.1, 0.15) is 0 Å². The second-order valence-electron chi connectivity index (χ2n) is 7.49. The number of carbonyl (C=O) groups excluding carboxylic acids is 2. The zero-order valence-electron chi connectivity index (χ0n) is 15.7. The zero-order valence-corrected chi connectivity index (χ0v) is 15.7. The summed E-state index contributed by atoms with van der Waals surface area (Å²) in [6.07, 6.45) is 8.23. The van der Waals surface area contributed by atoms with Crippen molar-refractivity contribution in [3.8, 4) is 0 Å². The molecule has 0 aliphatic heterocycles. The lowest BCUT2D eigenvalue weighted by atomic mass is 9.82. The van der Waals surface area contributed by atoms with Crippen molar-refractivity contribution in [2.24, 2.45) is 5.92 Å². The molecule has 2 N–H and O–H groups in total. The third kappa shape index (κ3) is 5.03. The molecular formula is C20H28FN3O3. The fourth-order valence-corrected chi connectivity index (χ4v) is 3.66. The minimum absolute atomic E-state index is 0.0240. The van der Waals surface area contributed by atoms with Crippen LogP contribution in [0.4, 0.5) is 4.39 Å². The van der Waals surface area contributed by atoms with Crippen molar-refractivity contribution in [2.75, 3.05) is 6.61 Å². The normalized spacial score (nSPS) is 25.5. The van der Waals surface area contributed by atoms with Crippen molar-refractivity contribution in [1.29, 1.82) is 0 Å². The Morgan fingerprint density at radius 1 is 1.26 bits per heavy atom. The SMILES string of the molecule is CCCO[C@@H]1C[C@@H](C(=O)NC2CCC2)CC[C@H]1NC(=O)c1ccncc1F. The van der Waals surface area contributed by atoms with E-state index in [1.807, 2.05) is 6.92 Å². The Kier molecular flexibility index (Phi) is 6.77. The van der Waals surface area contributed by atoms with E-state index < -0.39 is 11.7 Å². The summed E-state index contributed by atoms with van der Waals surface area (Å²) in [5.41, 5.74) is -0.0240. The molecule has 2 fully saturated rings. The van der Waals surface area contributed by atoms with Crippen molar-refractivity contribution in [1.82, 2.24) is 15.6 Å². The second kappa shape index (κ2) is 9.26. The topological polar surface area (TPSA) is 80.3 Å². The Labute approximate surface area is 159 Å². The number of hydrogen-bond donors (Lipinski definition) is 2. The minimum Gasteiger partial charge on any atom is -0.376 e. The van der Waals surface area contributed by atoms with Crippen LogP contribution < -0.4 is 10.6 Å². The van der Waals surface area contributed by atoms with E-state index in [-0.39, 0.29) is 29.5 Å². The Bertz CT molecular complexity index is 666. The quantitative estimate of drug-likeness (QED) is 0.765. The summed E-state index contributed by atoms with van der Waals surface area (Å²) >= 11 is 0. The summed E-state index contributed by atoms with van der Waals surface area (Å²) in [5, 5.41) is 6.01. The lowest BCUT2D eigenvalue weighted by Gasteiger charge is -2.37. The average molecular weight is 377 g/mol. The van der Waals surface area contributed by atoms with E-state index in [0.717, 1.165) is 25.5 Å². The summed E-state index contributed by atoms with van der Waals surface area (Å²) in [4.78, 5) is 28.6. The third-order valence-corrected chi connectivity index (χ3v) is 5.48. The lowest BCUT2D eigenvalue weighted by molar-refractivity contribution is -0.129. The zero-order chi connectivity index (χ0) is 19.2. The van der Waals surface area contributed by atoms with Crippen molar-refractivity contribution in [2.45, 2.75) is 70.1 Å². The molecule has 2 amide bonds. The first-order valence-corrected chi connectivity index (χ1v) is 9.90. The molecule has 3 atom stereocenters. The van der Waals surface area contributed by atoms with Crippen LogP contribution in [0, 0.1) is 11.7 Å². The Morgan fingerprint density at radius 3 is 2.74 bits per heavy atom. The van der Waals surface area contributed by atoms with Crippen LogP contribution in [0.25, 0.3) is 0 Å². The molecule has 0 aromatic carbocycles. The van der Waals surface area contributed by atoms with Crippen LogP contribution in [-0.2, 0) is 9.53 Å². The third-order valence-electron chi connectivity index (χ3n) is 5.48. The number of amides is 2. The first-order chi connectivity index (χ1) is 13.1. The Morgan fingerprint density at radius 2 is 2.07 bits per heavy atom. The van der Waals surface area contributed by atoms with Gasteiger partial charge in [-0.3, -0.25) is 14.6 Å². The van der Waals surface area contributed by atoms with Crippen LogP contribution in [0.5, 0.6) is 0 Å². The molecule has 2 aliphatic carbocycles. The molecule has 148 valence electrons. The number of nitrogens with zero attached hydrogens (tertiary/aromatic N) is 1. The van der Waals surface area contributed by atoms with Crippen molar-refractivity contribution < 1.29 is 18.7 Å². The smallest absolute Gasteiger partial charge is 0.254 e. The number of hydrogen-bond acceptors (Lipinski definition) is 4. The first-order valence-electron chi connectivity index (χ1n) is 9.90. The first kappa shape index (κ1) is 19.7. The summed E-state index contributed by atoms with van der Waals surface area (Å²) in [6.45, 7) is 2.58. The number of rotatable bonds is 7. The van der Waals surface area contributed by atoms with Gasteiger partial charge in [0.15, 0.2) is 5.82 Å². The second-order valence-corrected chi connectivity index (χ2v) is 7.49. The van der Waals surface area contributed by atoms with E-state index >= 15 is 0 Å². The number of pyridine rings is 1. The maximum atomic E-state index is 13.8. The number of aromatic nitrogens is 1. The molecule has 0 saturated heterocycles. The van der Waals surface area contributed by atoms with Gasteiger partial charge in [-0.05, 0) is 51.0 Å². The van der Waals surface area contributed by atoms with Gasteiger partial charge < -0.3 is 15.4 Å². The molecule has 0 bridgehead atoms. The maximum Gasteiger partial charge on any atom is 0.254 e. The van der Waals surface area contributed by atoms with Gasteiger partial charge in [0, 0.05) is 24.8 Å². The van der Waals surface area contributed by atoms with Gasteiger partial charge in [0.2, 0.25) is 5.91 Å². The molecule has 6 nitrogen and oxygen atoms in total. The highest BCUT2D eigenvalue weighted by Crippen LogP contribution is 2.29. The molecular weight excluding hydrogens is 349 g/mol. The van der Waals surface area contributed by atoms with Crippen molar-refractivity contribution >= 4 is 11.8 Å². The molecule has 27 heavy (non-hydrogen) atoms. The molecule has 1 heterocycles. The summed E-state index contributed by atoms with van der Waals surface area (Å²) in [7, 11) is 0. The van der Waals surface area contributed by atoms with Gasteiger partial charge in [0.05, 0.1) is 23.9 Å². The molecule has 7 heteroatoms. The van der Waals surface area contributed by atoms with E-state index in [9.17, 15) is 14.0 Å². The number of ether oxygens (including phenoxy) is 1. The molecule has 1 aromatic heterocycles. The van der Waals surface area contributed by atoms with Crippen LogP contribution in [0.1, 0.15) is 62.2 Å². The predicted octanol–water partition coefficient (Wildman–Crippen LogP) is 2.58. The van der Waals surface area contributed by atoms with Gasteiger partial charge in [-0.2, -0.15) is 0 Å². The summed E-state index contributed by atoms with van der Waals surface area (Å²) in [5.74, 6) is -1.12. The van der Waals surface area contributed by atoms with E-state index in [1.54, 1.807) is 0 Å². The maximum absolute atomic E-state index is 13.8. The molecule has 2 aliphatic rings. The monoisotopic (exact) mass is 377 g/mol. The molecule has 2 saturated carbocycles. The van der Waals surface area contributed by atoms with Crippen molar-refractivity contribution in [3.05, 3.63) is 29.8 Å². The van der Waals surface area contributed by atoms with Crippen LogP contribution in [0.3, 0.4) is 0 Å². The highest BCUT2D eigenvalue weighted by Gasteiger charge is 2.36. The van der Waals surface area contributed by atoms with Crippen LogP contribution in [0.15, 0.2) is 18.5 Å². The van der Waals surface area contributed by atoms with E-state index in [4.69, 9.17) is 4.74 Å². The fraction of sp³-hybridized carbons (Fsp3) is 0.650. The standard InChI is InChI=1S/C20H28FN3O3/c1-2-10-27-18-11-13(19(25)23-14-4-3-5-14)6-7-17(18)24-20(26)15-8-9-22-12-16(15)21/h8-9,12-14,17-18H,2-7,10-11H2,1H3,(H,23,25)(H,24,26)/t13-,17+,18+/m0/s1. The highest BCUT2D eigenvalue weighted by atomic mass is 19.1. The van der Waals surface area contributed by atoms with Crippen LogP contribution >= 0.6 is 0 Å². The molecule has 3 rings (SSSR count). The van der Waals surface area contributed by atoms with Crippen LogP contribution in [-0.4, -0.2) is 41.6 Å². The Hall–Kier alpha value is -2.02. The molecule has 1 aromatic rings. The summed E-state index contributed by atoms with van der Waals surface area (Å²) in [6, 6.07) is 1.45. The number of nitrogens with one attached hydrogen (secondary N) is 2. The summed E-state index contributed by atoms with van der Waals surface area (Å²) < 4.78 is 19.8. The fourth-order valence-electron chi connectivity index (χ4n) is 3.66. The van der Waals surface area contributed by atoms with E-state index in [1.165, 1.54) is 18.7 Å². The number of halogens is 1. The number of carbonyl (C=O) groups is 2. The lowest BCUT2D eigenvalue weighted by Crippen LogP contribution is -2.51.